The van der Waals surface area contributed by atoms with E-state index in [4.69, 9.17) is 28.5 Å². The van der Waals surface area contributed by atoms with Gasteiger partial charge in [0.05, 0.1) is 0 Å². The first-order chi connectivity index (χ1) is 5.15. The van der Waals surface area contributed by atoms with E-state index in [0.29, 0.717) is 10.0 Å². The van der Waals surface area contributed by atoms with Gasteiger partial charge in [-0.1, -0.05) is 23.2 Å². The Balaban J connectivity index is 3.40. The Morgan fingerprint density at radius 2 is 2.18 bits per heavy atom. The molecule has 0 unspecified atom stereocenters. The van der Waals surface area contributed by atoms with Crippen LogP contribution in [-0.4, -0.2) is 4.98 Å². The van der Waals surface area contributed by atoms with E-state index < -0.39 is 0 Å². The molecule has 56 valence electrons. The molecule has 0 atom stereocenters. The molecule has 0 aliphatic heterocycles. The van der Waals surface area contributed by atoms with Gasteiger partial charge in [-0.05, 0) is 22.0 Å². The van der Waals surface area contributed by atoms with Crippen molar-refractivity contribution >= 4 is 39.1 Å². The van der Waals surface area contributed by atoms with E-state index in [0.717, 1.165) is 0 Å². The van der Waals surface area contributed by atoms with E-state index in [1.807, 2.05) is 6.07 Å². The summed E-state index contributed by atoms with van der Waals surface area (Å²) in [6, 6.07) is 3.41. The van der Waals surface area contributed by atoms with Crippen molar-refractivity contribution in [1.82, 2.24) is 4.98 Å². The van der Waals surface area contributed by atoms with Crippen molar-refractivity contribution in [2.75, 3.05) is 0 Å². The molecule has 0 radical (unpaired) electrons. The van der Waals surface area contributed by atoms with E-state index in [1.165, 1.54) is 6.07 Å². The number of pyridine rings is 1. The third-order valence-electron chi connectivity index (χ3n) is 1.01. The van der Waals surface area contributed by atoms with Crippen molar-refractivity contribution in [1.29, 1.82) is 5.26 Å². The fraction of sp³-hybridized carbons (Fsp3) is 0. The van der Waals surface area contributed by atoms with E-state index in [2.05, 4.69) is 20.9 Å². The maximum atomic E-state index is 8.54. The van der Waals surface area contributed by atoms with Crippen molar-refractivity contribution in [2.45, 2.75) is 0 Å². The third-order valence-corrected chi connectivity index (χ3v) is 2.10. The zero-order chi connectivity index (χ0) is 8.43. The van der Waals surface area contributed by atoms with Gasteiger partial charge in [-0.2, -0.15) is 5.26 Å². The fourth-order valence-corrected chi connectivity index (χ4v) is 1.77. The number of nitriles is 1. The summed E-state index contributed by atoms with van der Waals surface area (Å²) >= 11 is 14.3. The maximum absolute atomic E-state index is 8.54. The average molecular weight is 252 g/mol. The Morgan fingerprint density at radius 3 is 2.64 bits per heavy atom. The van der Waals surface area contributed by atoms with Crippen LogP contribution in [0.1, 0.15) is 5.56 Å². The molecule has 1 aromatic rings. The van der Waals surface area contributed by atoms with Gasteiger partial charge < -0.3 is 0 Å². The monoisotopic (exact) mass is 250 g/mol. The topological polar surface area (TPSA) is 36.7 Å². The standard InChI is InChI=1S/C6HBrCl2N2/c7-4-1-5(8)11-6(9)3(4)2-10/h1H. The molecule has 0 aliphatic carbocycles. The molecule has 0 fully saturated rings. The summed E-state index contributed by atoms with van der Waals surface area (Å²) in [5.41, 5.74) is 0.302. The Kier molecular flexibility index (Phi) is 2.72. The van der Waals surface area contributed by atoms with Crippen LogP contribution in [0.5, 0.6) is 0 Å². The Bertz CT molecular complexity index is 309. The summed E-state index contributed by atoms with van der Waals surface area (Å²) in [4.78, 5) is 3.68. The number of hydrogen-bond acceptors (Lipinski definition) is 2. The zero-order valence-corrected chi connectivity index (χ0v) is 8.20. The molecule has 0 amide bonds. The third kappa shape index (κ3) is 1.84. The molecule has 1 aromatic heterocycles. The summed E-state index contributed by atoms with van der Waals surface area (Å²) in [5.74, 6) is 0. The fourth-order valence-electron chi connectivity index (χ4n) is 0.557. The van der Waals surface area contributed by atoms with Crippen molar-refractivity contribution in [3.63, 3.8) is 0 Å². The number of hydrogen-bond donors (Lipinski definition) is 0. The lowest BCUT2D eigenvalue weighted by Gasteiger charge is -1.96. The van der Waals surface area contributed by atoms with Crippen LogP contribution < -0.4 is 0 Å². The Morgan fingerprint density at radius 1 is 1.55 bits per heavy atom. The van der Waals surface area contributed by atoms with Gasteiger partial charge in [-0.15, -0.1) is 0 Å². The van der Waals surface area contributed by atoms with Gasteiger partial charge in [-0.3, -0.25) is 0 Å². The molecule has 0 saturated heterocycles. The first-order valence-corrected chi connectivity index (χ1v) is 4.11. The SMILES string of the molecule is N#Cc1c(Br)cc(Cl)nc1Cl. The first kappa shape index (κ1) is 8.79. The summed E-state index contributed by atoms with van der Waals surface area (Å²) in [5, 5.41) is 8.92. The van der Waals surface area contributed by atoms with Crippen molar-refractivity contribution < 1.29 is 0 Å². The molecule has 0 N–H and O–H groups in total. The second kappa shape index (κ2) is 3.40. The molecule has 11 heavy (non-hydrogen) atoms. The molecule has 1 heterocycles. The maximum Gasteiger partial charge on any atom is 0.149 e. The minimum absolute atomic E-state index is 0.117. The average Bonchev–Trinajstić information content (AvgIpc) is 1.85. The van der Waals surface area contributed by atoms with Gasteiger partial charge in [-0.25, -0.2) is 4.98 Å². The van der Waals surface area contributed by atoms with Gasteiger partial charge in [0.2, 0.25) is 0 Å². The van der Waals surface area contributed by atoms with Crippen LogP contribution in [0.3, 0.4) is 0 Å². The smallest absolute Gasteiger partial charge is 0.149 e. The normalized spacial score (nSPS) is 9.27. The lowest BCUT2D eigenvalue weighted by Crippen LogP contribution is -1.84. The van der Waals surface area contributed by atoms with Gasteiger partial charge >= 0.3 is 0 Å². The van der Waals surface area contributed by atoms with Crippen molar-refractivity contribution in [3.8, 4) is 6.07 Å². The molecule has 0 aliphatic rings. The highest BCUT2D eigenvalue weighted by molar-refractivity contribution is 9.10. The van der Waals surface area contributed by atoms with Crippen LogP contribution in [0.15, 0.2) is 10.5 Å². The van der Waals surface area contributed by atoms with Crippen LogP contribution >= 0.6 is 39.1 Å². The molecule has 2 nitrogen and oxygen atoms in total. The highest BCUT2D eigenvalue weighted by Crippen LogP contribution is 2.24. The molecular formula is C6HBrCl2N2. The second-order valence-electron chi connectivity index (χ2n) is 1.70. The largest absolute Gasteiger partial charge is 0.223 e. The second-order valence-corrected chi connectivity index (χ2v) is 3.30. The minimum atomic E-state index is 0.117. The molecule has 0 spiro atoms. The molecular weight excluding hydrogens is 251 g/mol. The Labute approximate surface area is 81.9 Å². The molecule has 0 aromatic carbocycles. The van der Waals surface area contributed by atoms with Gasteiger partial charge in [0, 0.05) is 4.47 Å². The van der Waals surface area contributed by atoms with Crippen LogP contribution in [-0.2, 0) is 0 Å². The first-order valence-electron chi connectivity index (χ1n) is 2.57. The molecule has 1 rings (SSSR count). The van der Waals surface area contributed by atoms with Crippen molar-refractivity contribution in [3.05, 3.63) is 26.4 Å². The van der Waals surface area contributed by atoms with Crippen LogP contribution in [0.4, 0.5) is 0 Å². The lowest BCUT2D eigenvalue weighted by atomic mass is 10.3. The summed E-state index contributed by atoms with van der Waals surface area (Å²) in [7, 11) is 0. The van der Waals surface area contributed by atoms with Gasteiger partial charge in [0.1, 0.15) is 21.9 Å². The summed E-state index contributed by atoms with van der Waals surface area (Å²) in [6.45, 7) is 0. The highest BCUT2D eigenvalue weighted by atomic mass is 79.9. The van der Waals surface area contributed by atoms with E-state index in [9.17, 15) is 0 Å². The van der Waals surface area contributed by atoms with Crippen LogP contribution in [0.2, 0.25) is 10.3 Å². The van der Waals surface area contributed by atoms with Gasteiger partial charge in [0.25, 0.3) is 0 Å². The van der Waals surface area contributed by atoms with E-state index in [-0.39, 0.29) is 10.3 Å². The Hall–Kier alpha value is -0.300. The zero-order valence-electron chi connectivity index (χ0n) is 5.11. The van der Waals surface area contributed by atoms with Gasteiger partial charge in [0.15, 0.2) is 0 Å². The van der Waals surface area contributed by atoms with E-state index in [1.54, 1.807) is 0 Å². The van der Waals surface area contributed by atoms with E-state index >= 15 is 0 Å². The minimum Gasteiger partial charge on any atom is -0.223 e. The summed E-state index contributed by atoms with van der Waals surface area (Å²) < 4.78 is 0.560. The number of halogens is 3. The van der Waals surface area contributed by atoms with Crippen LogP contribution in [0.25, 0.3) is 0 Å². The predicted octanol–water partition coefficient (Wildman–Crippen LogP) is 3.02. The molecule has 0 bridgehead atoms. The quantitative estimate of drug-likeness (QED) is 0.665. The van der Waals surface area contributed by atoms with Crippen molar-refractivity contribution in [2.24, 2.45) is 0 Å². The molecule has 5 heteroatoms. The van der Waals surface area contributed by atoms with Crippen LogP contribution in [0, 0.1) is 11.3 Å². The number of nitrogens with zero attached hydrogens (tertiary/aromatic N) is 2. The number of rotatable bonds is 0. The lowest BCUT2D eigenvalue weighted by molar-refractivity contribution is 1.29. The predicted molar refractivity (Wildman–Crippen MR) is 46.7 cm³/mol. The summed E-state index contributed by atoms with van der Waals surface area (Å²) in [6.07, 6.45) is 0. The number of aromatic nitrogens is 1. The molecule has 0 saturated carbocycles. The highest BCUT2D eigenvalue weighted by Gasteiger charge is 2.06.